The van der Waals surface area contributed by atoms with Gasteiger partial charge in [0.2, 0.25) is 11.7 Å². The first-order chi connectivity index (χ1) is 9.49. The molecule has 2 N–H and O–H groups in total. The Morgan fingerprint density at radius 1 is 0.950 bits per heavy atom. The van der Waals surface area contributed by atoms with Crippen molar-refractivity contribution in [3.05, 3.63) is 0 Å². The van der Waals surface area contributed by atoms with Gasteiger partial charge in [-0.25, -0.2) is 0 Å². The summed E-state index contributed by atoms with van der Waals surface area (Å²) in [4.78, 5) is 46.9. The molecule has 0 aromatic rings. The lowest BCUT2D eigenvalue weighted by Crippen LogP contribution is -2.54. The van der Waals surface area contributed by atoms with Gasteiger partial charge in [-0.15, -0.1) is 0 Å². The lowest BCUT2D eigenvalue weighted by molar-refractivity contribution is -0.138. The van der Waals surface area contributed by atoms with Crippen molar-refractivity contribution in [3.63, 3.8) is 0 Å². The highest BCUT2D eigenvalue weighted by Crippen LogP contribution is 2.21. The van der Waals surface area contributed by atoms with Crippen LogP contribution < -0.4 is 10.6 Å². The van der Waals surface area contributed by atoms with Crippen LogP contribution in [-0.2, 0) is 19.2 Å². The number of hydrogen-bond donors (Lipinski definition) is 4. The average molecular weight is 355 g/mol. The van der Waals surface area contributed by atoms with Gasteiger partial charge in [0.25, 0.3) is 5.91 Å². The Labute approximate surface area is 135 Å². The smallest absolute Gasteiger partial charge is 0.288 e. The minimum Gasteiger partial charge on any atom is -0.344 e. The second kappa shape index (κ2) is 8.85. The van der Waals surface area contributed by atoms with E-state index in [0.29, 0.717) is 0 Å². The van der Waals surface area contributed by atoms with Gasteiger partial charge in [-0.05, 0) is 0 Å². The fraction of sp³-hybridized carbons (Fsp3) is 0.600. The van der Waals surface area contributed by atoms with Crippen LogP contribution in [0.3, 0.4) is 0 Å². The molecular weight excluding hydrogens is 340 g/mol. The fourth-order valence-corrected chi connectivity index (χ4v) is 3.74. The molecule has 1 aliphatic rings. The number of carbonyl (C=O) groups is 4. The van der Waals surface area contributed by atoms with Crippen LogP contribution in [0.4, 0.5) is 0 Å². The molecule has 0 saturated carbocycles. The van der Waals surface area contributed by atoms with Crippen molar-refractivity contribution in [2.75, 3.05) is 23.0 Å². The summed E-state index contributed by atoms with van der Waals surface area (Å²) in [7, 11) is 2.31. The zero-order valence-corrected chi connectivity index (χ0v) is 13.7. The van der Waals surface area contributed by atoms with Gasteiger partial charge in [-0.2, -0.15) is 25.3 Å². The number of carbonyl (C=O) groups excluding carboxylic acids is 4. The van der Waals surface area contributed by atoms with Gasteiger partial charge in [0.15, 0.2) is 5.78 Å². The summed E-state index contributed by atoms with van der Waals surface area (Å²) in [5, 5.41) is 4.82. The first kappa shape index (κ1) is 17.7. The summed E-state index contributed by atoms with van der Waals surface area (Å²) in [6, 6.07) is -1.67. The van der Waals surface area contributed by atoms with E-state index in [1.165, 1.54) is 10.8 Å². The Bertz CT molecular complexity index is 418. The van der Waals surface area contributed by atoms with E-state index in [-0.39, 0.29) is 28.8 Å². The van der Waals surface area contributed by atoms with E-state index in [4.69, 9.17) is 0 Å². The number of thiol groups is 2. The van der Waals surface area contributed by atoms with Crippen molar-refractivity contribution < 1.29 is 19.2 Å². The molecule has 0 aromatic carbocycles. The number of hydrogen-bond acceptors (Lipinski definition) is 8. The SMILES string of the molecule is O=C1CSSCC(=O)[C@H](CS)NC(=O)[C@H](CS)NC1=O. The third-order valence-electron chi connectivity index (χ3n) is 2.42. The van der Waals surface area contributed by atoms with Crippen molar-refractivity contribution >= 4 is 70.2 Å². The predicted molar refractivity (Wildman–Crippen MR) is 86.5 cm³/mol. The van der Waals surface area contributed by atoms with Gasteiger partial charge in [-0.1, -0.05) is 21.6 Å². The van der Waals surface area contributed by atoms with E-state index in [9.17, 15) is 19.2 Å². The van der Waals surface area contributed by atoms with Crippen LogP contribution in [0.1, 0.15) is 0 Å². The predicted octanol–water partition coefficient (Wildman–Crippen LogP) is -0.651. The normalized spacial score (nSPS) is 26.3. The Morgan fingerprint density at radius 2 is 1.55 bits per heavy atom. The maximum absolute atomic E-state index is 11.9. The van der Waals surface area contributed by atoms with Gasteiger partial charge in [0, 0.05) is 11.5 Å². The summed E-state index contributed by atoms with van der Waals surface area (Å²) in [5.41, 5.74) is 0. The monoisotopic (exact) mass is 354 g/mol. The molecule has 0 aliphatic carbocycles. The number of ketones is 2. The largest absolute Gasteiger partial charge is 0.344 e. The zero-order valence-electron chi connectivity index (χ0n) is 10.3. The highest BCUT2D eigenvalue weighted by Gasteiger charge is 2.27. The van der Waals surface area contributed by atoms with Gasteiger partial charge in [-0.3, -0.25) is 19.2 Å². The molecular formula is C10H14N2O4S4. The second-order valence-corrected chi connectivity index (χ2v) is 7.06. The van der Waals surface area contributed by atoms with Gasteiger partial charge in [0.1, 0.15) is 6.04 Å². The van der Waals surface area contributed by atoms with Crippen LogP contribution in [0, 0.1) is 0 Å². The van der Waals surface area contributed by atoms with Crippen molar-refractivity contribution in [1.82, 2.24) is 10.6 Å². The standard InChI is InChI=1S/C10H14N2O4S4/c13-7-3-19-20-4-8(14)10(16)12-6(2-18)9(15)11-5(7)1-17/h5-6,17-18H,1-4H2,(H,11,15)(H,12,16)/t5-,6-/m0/s1. The van der Waals surface area contributed by atoms with Crippen LogP contribution in [0.25, 0.3) is 0 Å². The topological polar surface area (TPSA) is 92.3 Å². The molecule has 10 heteroatoms. The molecule has 2 atom stereocenters. The molecule has 1 aliphatic heterocycles. The zero-order chi connectivity index (χ0) is 15.1. The number of rotatable bonds is 2. The first-order valence-electron chi connectivity index (χ1n) is 5.62. The Morgan fingerprint density at radius 3 is 2.15 bits per heavy atom. The quantitative estimate of drug-likeness (QED) is 0.299. The van der Waals surface area contributed by atoms with Gasteiger partial charge < -0.3 is 10.6 Å². The van der Waals surface area contributed by atoms with Crippen LogP contribution >= 0.6 is 46.8 Å². The molecule has 1 fully saturated rings. The molecule has 0 bridgehead atoms. The first-order valence-corrected chi connectivity index (χ1v) is 9.37. The van der Waals surface area contributed by atoms with E-state index in [0.717, 1.165) is 10.8 Å². The Kier molecular flexibility index (Phi) is 7.85. The Hall–Kier alpha value is -0.320. The average Bonchev–Trinajstić information content (AvgIpc) is 2.44. The molecule has 20 heavy (non-hydrogen) atoms. The van der Waals surface area contributed by atoms with Gasteiger partial charge in [0.05, 0.1) is 17.5 Å². The van der Waals surface area contributed by atoms with E-state index >= 15 is 0 Å². The lowest BCUT2D eigenvalue weighted by atomic mass is 10.2. The third kappa shape index (κ3) is 5.23. The second-order valence-electron chi connectivity index (χ2n) is 3.87. The number of nitrogens with one attached hydrogen (secondary N) is 2. The summed E-state index contributed by atoms with van der Waals surface area (Å²) in [6.45, 7) is 0. The Balaban J connectivity index is 2.86. The van der Waals surface area contributed by atoms with Crippen molar-refractivity contribution in [2.45, 2.75) is 12.1 Å². The number of Topliss-reactive ketones (excluding diaryl/α,β-unsaturated/α-hetero) is 2. The van der Waals surface area contributed by atoms with Crippen molar-refractivity contribution in [3.8, 4) is 0 Å². The minimum absolute atomic E-state index is 0.0280. The molecule has 1 heterocycles. The molecule has 1 rings (SSSR count). The number of amides is 2. The van der Waals surface area contributed by atoms with Crippen LogP contribution in [0.5, 0.6) is 0 Å². The molecule has 6 nitrogen and oxygen atoms in total. The van der Waals surface area contributed by atoms with Crippen molar-refractivity contribution in [1.29, 1.82) is 0 Å². The van der Waals surface area contributed by atoms with E-state index in [1.807, 2.05) is 0 Å². The van der Waals surface area contributed by atoms with E-state index in [1.54, 1.807) is 0 Å². The summed E-state index contributed by atoms with van der Waals surface area (Å²) < 4.78 is 0. The van der Waals surface area contributed by atoms with Crippen LogP contribution in [0.15, 0.2) is 0 Å². The molecule has 0 unspecified atom stereocenters. The molecule has 0 aromatic heterocycles. The third-order valence-corrected chi connectivity index (χ3v) is 5.31. The van der Waals surface area contributed by atoms with Crippen LogP contribution in [0.2, 0.25) is 0 Å². The highest BCUT2D eigenvalue weighted by molar-refractivity contribution is 8.77. The fourth-order valence-electron chi connectivity index (χ4n) is 1.29. The summed E-state index contributed by atoms with van der Waals surface area (Å²) in [5.74, 6) is -1.90. The maximum atomic E-state index is 11.9. The highest BCUT2D eigenvalue weighted by atomic mass is 33.1. The summed E-state index contributed by atoms with van der Waals surface area (Å²) >= 11 is 8.00. The lowest BCUT2D eigenvalue weighted by Gasteiger charge is -2.21. The summed E-state index contributed by atoms with van der Waals surface area (Å²) in [6.07, 6.45) is 0. The van der Waals surface area contributed by atoms with Gasteiger partial charge >= 0.3 is 0 Å². The van der Waals surface area contributed by atoms with E-state index in [2.05, 4.69) is 35.9 Å². The minimum atomic E-state index is -0.956. The van der Waals surface area contributed by atoms with E-state index < -0.39 is 29.7 Å². The molecule has 0 spiro atoms. The molecule has 112 valence electrons. The maximum Gasteiger partial charge on any atom is 0.288 e. The molecule has 1 saturated heterocycles. The molecule has 0 radical (unpaired) electrons. The molecule has 2 amide bonds. The van der Waals surface area contributed by atoms with Crippen LogP contribution in [-0.4, -0.2) is 58.5 Å². The van der Waals surface area contributed by atoms with Crippen molar-refractivity contribution in [2.24, 2.45) is 0 Å².